The second-order valence-corrected chi connectivity index (χ2v) is 39.8. The van der Waals surface area contributed by atoms with Crippen LogP contribution in [0.5, 0.6) is 23.0 Å². The first-order valence-corrected chi connectivity index (χ1v) is 38.3. The molecule has 1 aliphatic carbocycles. The number of phenolic OH excluding ortho intramolecular Hbond substituents is 2. The third-order valence-corrected chi connectivity index (χ3v) is 21.7. The molecule has 0 fully saturated rings. The summed E-state index contributed by atoms with van der Waals surface area (Å²) in [7, 11) is -5.09. The molecule has 472 valence electrons. The minimum atomic E-state index is -2.83. The van der Waals surface area contributed by atoms with Crippen LogP contribution in [0.15, 0.2) is 157 Å². The topological polar surface area (TPSA) is 99.4 Å². The monoisotopic (exact) mass is 1270 g/mol. The fraction of sp³-hybridized carbons (Fsp3) is 0.383. The van der Waals surface area contributed by atoms with E-state index >= 15 is 0 Å². The Balaban J connectivity index is 0.000000240. The molecule has 0 saturated heterocycles. The van der Waals surface area contributed by atoms with E-state index in [0.29, 0.717) is 25.7 Å². The first-order chi connectivity index (χ1) is 41.1. The molecule has 11 rings (SSSR count). The van der Waals surface area contributed by atoms with Gasteiger partial charge in [-0.25, -0.2) is 0 Å². The number of aryl methyl sites for hydroxylation is 4. The number of benzene rings is 8. The second-order valence-electron chi connectivity index (χ2n) is 31.6. The molecule has 0 amide bonds. The number of aromatic hydroxyl groups is 2. The molecule has 0 unspecified atom stereocenters. The van der Waals surface area contributed by atoms with Crippen LogP contribution in [-0.2, 0) is 80.3 Å². The van der Waals surface area contributed by atoms with Gasteiger partial charge in [0.05, 0.1) is 8.07 Å². The van der Waals surface area contributed by atoms with Crippen molar-refractivity contribution < 1.29 is 51.0 Å². The molecule has 2 aliphatic heterocycles. The second kappa shape index (κ2) is 25.3. The Kier molecular flexibility index (Phi) is 19.6. The fourth-order valence-electron chi connectivity index (χ4n) is 12.5. The zero-order chi connectivity index (χ0) is 65.4. The zero-order valence-electron chi connectivity index (χ0n) is 57.9. The molecule has 6 nitrogen and oxygen atoms in total. The molecule has 10 bridgehead atoms. The minimum absolute atomic E-state index is 0. The van der Waals surface area contributed by atoms with Gasteiger partial charge in [0, 0.05) is 60.5 Å². The van der Waals surface area contributed by atoms with Crippen LogP contribution >= 0.6 is 0 Å². The van der Waals surface area contributed by atoms with Gasteiger partial charge in [0.15, 0.2) is 0 Å². The summed E-state index contributed by atoms with van der Waals surface area (Å²) in [6.07, 6.45) is 4.05. The molecule has 0 saturated carbocycles. The predicted octanol–water partition coefficient (Wildman–Crippen LogP) is 19.3. The van der Waals surface area contributed by atoms with Gasteiger partial charge in [-0.05, 0) is 150 Å². The number of rotatable bonds is 7. The molecular formula is C81H100O6Si2Ti. The largest absolute Gasteiger partial charge is 0.512 e. The van der Waals surface area contributed by atoms with Gasteiger partial charge in [-0.1, -0.05) is 271 Å². The Morgan fingerprint density at radius 3 is 0.844 bits per heavy atom. The van der Waals surface area contributed by atoms with Crippen molar-refractivity contribution >= 4 is 16.6 Å². The molecule has 8 aromatic carbocycles. The van der Waals surface area contributed by atoms with Crippen LogP contribution in [0.4, 0.5) is 0 Å². The molecule has 8 aromatic rings. The van der Waals surface area contributed by atoms with Gasteiger partial charge in [0.25, 0.3) is 0 Å². The molecule has 0 spiro atoms. The van der Waals surface area contributed by atoms with Crippen LogP contribution in [0.2, 0.25) is 32.7 Å². The van der Waals surface area contributed by atoms with Crippen molar-refractivity contribution in [2.45, 2.75) is 202 Å². The third-order valence-electron chi connectivity index (χ3n) is 18.2. The number of hydrogen-bond acceptors (Lipinski definition) is 6. The van der Waals surface area contributed by atoms with E-state index in [1.165, 1.54) is 11.1 Å². The predicted molar refractivity (Wildman–Crippen MR) is 376 cm³/mol. The molecule has 3 aliphatic rings. The van der Waals surface area contributed by atoms with Gasteiger partial charge < -0.3 is 29.3 Å². The van der Waals surface area contributed by atoms with Crippen LogP contribution < -0.4 is 8.85 Å². The van der Waals surface area contributed by atoms with E-state index in [4.69, 9.17) is 8.85 Å². The summed E-state index contributed by atoms with van der Waals surface area (Å²) < 4.78 is 14.2. The van der Waals surface area contributed by atoms with Crippen LogP contribution in [0, 0.1) is 27.7 Å². The average molecular weight is 1270 g/mol. The van der Waals surface area contributed by atoms with Gasteiger partial charge in [-0.3, -0.25) is 0 Å². The SMILES string of the molecule is CC(C)(C)c1cc2c(O)c(c1)Cc1cc(C(C)(C)C)cc3c1O[Si](C)(C)Oc1c(cc(C(C)(C)C)cc1C3)Cc1cc(C(C)(C)C)cc(c1O)C2.Cc1ccc(C(O)(/C=C(\C(O)(c2ccc(C)cc2)c2ccc(C)cc2)[Si](C)(C)C)c2ccc(C)cc2)cc1.[Ti]. The third kappa shape index (κ3) is 15.0. The summed E-state index contributed by atoms with van der Waals surface area (Å²) in [6.45, 7) is 46.1. The van der Waals surface area contributed by atoms with Gasteiger partial charge >= 0.3 is 8.56 Å². The maximum atomic E-state index is 12.9. The standard InChI is InChI=1S/C46H60O4Si.C35H40O2Si.Ti/c1-43(2,3)35-19-27-15-28-20-36(44(4,5)6)22-30(40(28)48)17-32-24-38(46(10,11)12)26-34-18-33-25-37(45(7,8)9)23-31(16-29(21-35)39(27)47)41(33)49-51(13,14)50-42(32)34;1-25-8-16-29(17-9-25)34(36,30-18-10-26(2)11-19-30)24-33(38(5,6)7)35(37,31-20-12-27(3)13-21-31)32-22-14-28(4)15-23-32;/h19-26,47-48H,15-18H2,1-14H3;8-24,36-37H,1-7H3;/b;33-24+;. The van der Waals surface area contributed by atoms with Crippen LogP contribution in [-0.4, -0.2) is 37.1 Å². The van der Waals surface area contributed by atoms with Crippen molar-refractivity contribution in [1.82, 2.24) is 0 Å². The molecule has 0 aromatic heterocycles. The quantitative estimate of drug-likeness (QED) is 0.119. The summed E-state index contributed by atoms with van der Waals surface area (Å²) in [5, 5.41) is 50.8. The average Bonchev–Trinajstić information content (AvgIpc) is 0.752. The molecule has 0 atom stereocenters. The molecule has 2 heterocycles. The van der Waals surface area contributed by atoms with Gasteiger partial charge in [-0.2, -0.15) is 0 Å². The van der Waals surface area contributed by atoms with Gasteiger partial charge in [0.1, 0.15) is 34.2 Å². The Hall–Kier alpha value is -6.23. The fourth-order valence-corrected chi connectivity index (χ4v) is 16.1. The smallest absolute Gasteiger partial charge is 0.454 e. The van der Waals surface area contributed by atoms with Crippen molar-refractivity contribution in [3.05, 3.63) is 268 Å². The maximum Gasteiger partial charge on any atom is 0.454 e. The van der Waals surface area contributed by atoms with Crippen LogP contribution in [0.1, 0.15) is 194 Å². The van der Waals surface area contributed by atoms with Crippen molar-refractivity contribution in [1.29, 1.82) is 0 Å². The summed E-state index contributed by atoms with van der Waals surface area (Å²) in [5.41, 5.74) is 17.0. The Bertz CT molecular complexity index is 3720. The van der Waals surface area contributed by atoms with E-state index in [2.05, 4.69) is 178 Å². The molecule has 9 heteroatoms. The van der Waals surface area contributed by atoms with E-state index < -0.39 is 27.8 Å². The van der Waals surface area contributed by atoms with Crippen molar-refractivity contribution in [3.8, 4) is 23.0 Å². The zero-order valence-corrected chi connectivity index (χ0v) is 61.4. The van der Waals surface area contributed by atoms with E-state index in [-0.39, 0.29) is 54.9 Å². The molecule has 4 N–H and O–H groups in total. The molecule has 0 radical (unpaired) electrons. The summed E-state index contributed by atoms with van der Waals surface area (Å²) in [4.78, 5) is 0. The normalized spacial score (nSPS) is 14.5. The number of phenols is 2. The molecular weight excluding hydrogens is 1170 g/mol. The van der Waals surface area contributed by atoms with E-state index in [1.54, 1.807) is 0 Å². The van der Waals surface area contributed by atoms with Crippen molar-refractivity contribution in [2.75, 3.05) is 0 Å². The van der Waals surface area contributed by atoms with Gasteiger partial charge in [-0.15, -0.1) is 0 Å². The van der Waals surface area contributed by atoms with Gasteiger partial charge in [0.2, 0.25) is 0 Å². The minimum Gasteiger partial charge on any atom is -0.512 e. The van der Waals surface area contributed by atoms with Crippen LogP contribution in [0.25, 0.3) is 0 Å². The number of aliphatic hydroxyl groups is 2. The van der Waals surface area contributed by atoms with Crippen molar-refractivity contribution in [2.24, 2.45) is 0 Å². The van der Waals surface area contributed by atoms with E-state index in [9.17, 15) is 20.4 Å². The Morgan fingerprint density at radius 1 is 0.378 bits per heavy atom. The van der Waals surface area contributed by atoms with Crippen LogP contribution in [0.3, 0.4) is 0 Å². The molecule has 90 heavy (non-hydrogen) atoms. The summed E-state index contributed by atoms with van der Waals surface area (Å²) in [6, 6.07) is 50.2. The van der Waals surface area contributed by atoms with E-state index in [1.807, 2.05) is 117 Å². The Labute approximate surface area is 557 Å². The number of hydrogen-bond donors (Lipinski definition) is 4. The first kappa shape index (κ1) is 69.7. The maximum absolute atomic E-state index is 12.9. The van der Waals surface area contributed by atoms with Crippen molar-refractivity contribution in [3.63, 3.8) is 0 Å². The first-order valence-electron chi connectivity index (χ1n) is 32.0. The number of fused-ring (bicyclic) bond motifs is 2. The van der Waals surface area contributed by atoms with E-state index in [0.717, 1.165) is 117 Å². The summed E-state index contributed by atoms with van der Waals surface area (Å²) >= 11 is 0. The Morgan fingerprint density at radius 2 is 0.600 bits per heavy atom. The summed E-state index contributed by atoms with van der Waals surface area (Å²) in [5.74, 6) is 2.35.